The normalized spacial score (nSPS) is 12.6. The average molecular weight is 437 g/mol. The molecule has 2 rings (SSSR count). The topological polar surface area (TPSA) is 67.8 Å². The molecule has 0 amide bonds. The molecule has 2 aromatic rings. The van der Waals surface area contributed by atoms with Crippen LogP contribution < -0.4 is 9.61 Å². The second-order valence-electron chi connectivity index (χ2n) is 5.14. The van der Waals surface area contributed by atoms with Crippen LogP contribution in [0.1, 0.15) is 18.1 Å². The fraction of sp³-hybridized carbons (Fsp3) is 0.125. The standard InChI is InChI=1S/C16H12ClF3N2O3S2/c1-10(26)21-22-15(11-2-6-13(17)7-3-11)12-4-8-14(9-5-12)25-27(23,24)16(18,19)20/h2-9H,1H3,(H,21,26)/b22-15-. The van der Waals surface area contributed by atoms with Gasteiger partial charge in [-0.15, -0.1) is 0 Å². The van der Waals surface area contributed by atoms with Crippen LogP contribution in [-0.2, 0) is 10.1 Å². The molecular weight excluding hydrogens is 425 g/mol. The molecular formula is C16H12ClF3N2O3S2. The fourth-order valence-corrected chi connectivity index (χ4v) is 2.51. The van der Waals surface area contributed by atoms with Gasteiger partial charge in [0.25, 0.3) is 0 Å². The zero-order valence-electron chi connectivity index (χ0n) is 13.6. The number of hydrazone groups is 1. The van der Waals surface area contributed by atoms with Gasteiger partial charge in [0.1, 0.15) is 5.75 Å². The number of hydrogen-bond acceptors (Lipinski definition) is 5. The average Bonchev–Trinajstić information content (AvgIpc) is 2.56. The second kappa shape index (κ2) is 8.24. The number of rotatable bonds is 5. The zero-order valence-corrected chi connectivity index (χ0v) is 16.0. The molecule has 1 N–H and O–H groups in total. The number of nitrogens with zero attached hydrogens (tertiary/aromatic N) is 1. The molecule has 144 valence electrons. The van der Waals surface area contributed by atoms with Crippen molar-refractivity contribution in [2.75, 3.05) is 0 Å². The number of hydrogen-bond donors (Lipinski definition) is 1. The first-order valence-electron chi connectivity index (χ1n) is 7.21. The molecule has 2 aromatic carbocycles. The van der Waals surface area contributed by atoms with Gasteiger partial charge < -0.3 is 4.18 Å². The SMILES string of the molecule is CC(=S)N/N=C(/c1ccc(Cl)cc1)c1ccc(OS(=O)(=O)C(F)(F)F)cc1. The summed E-state index contributed by atoms with van der Waals surface area (Å²) in [4.78, 5) is 0.401. The molecule has 0 heterocycles. The number of benzene rings is 2. The lowest BCUT2D eigenvalue weighted by Gasteiger charge is -2.11. The van der Waals surface area contributed by atoms with Crippen LogP contribution in [0.15, 0.2) is 53.6 Å². The first-order chi connectivity index (χ1) is 12.5. The maximum absolute atomic E-state index is 12.4. The zero-order chi connectivity index (χ0) is 20.2. The van der Waals surface area contributed by atoms with Crippen molar-refractivity contribution in [3.05, 3.63) is 64.7 Å². The van der Waals surface area contributed by atoms with Crippen molar-refractivity contribution in [2.45, 2.75) is 12.4 Å². The van der Waals surface area contributed by atoms with Crippen LogP contribution in [0.3, 0.4) is 0 Å². The van der Waals surface area contributed by atoms with E-state index in [2.05, 4.69) is 14.7 Å². The van der Waals surface area contributed by atoms with Crippen molar-refractivity contribution in [1.29, 1.82) is 0 Å². The van der Waals surface area contributed by atoms with Crippen molar-refractivity contribution in [2.24, 2.45) is 5.10 Å². The quantitative estimate of drug-likeness (QED) is 0.249. The molecule has 0 saturated heterocycles. The highest BCUT2D eigenvalue weighted by Crippen LogP contribution is 2.27. The van der Waals surface area contributed by atoms with Crippen molar-refractivity contribution in [3.8, 4) is 5.75 Å². The Labute approximate surface area is 163 Å². The number of alkyl halides is 3. The van der Waals surface area contributed by atoms with E-state index in [0.717, 1.165) is 12.1 Å². The van der Waals surface area contributed by atoms with Gasteiger partial charge in [-0.2, -0.15) is 26.7 Å². The summed E-state index contributed by atoms with van der Waals surface area (Å²) < 4.78 is 63.4. The van der Waals surface area contributed by atoms with E-state index in [0.29, 0.717) is 26.8 Å². The minimum absolute atomic E-state index is 0.401. The fourth-order valence-electron chi connectivity index (χ4n) is 1.88. The molecule has 11 heteroatoms. The van der Waals surface area contributed by atoms with E-state index < -0.39 is 21.4 Å². The van der Waals surface area contributed by atoms with Gasteiger partial charge in [0.05, 0.1) is 10.7 Å². The molecule has 0 aliphatic heterocycles. The summed E-state index contributed by atoms with van der Waals surface area (Å²) >= 11 is 10.8. The van der Waals surface area contributed by atoms with Gasteiger partial charge >= 0.3 is 15.6 Å². The molecule has 0 unspecified atom stereocenters. The van der Waals surface area contributed by atoms with E-state index in [1.807, 2.05) is 0 Å². The summed E-state index contributed by atoms with van der Waals surface area (Å²) in [6.07, 6.45) is 0. The Hall–Kier alpha value is -2.17. The predicted molar refractivity (Wildman–Crippen MR) is 101 cm³/mol. The molecule has 27 heavy (non-hydrogen) atoms. The Morgan fingerprint density at radius 2 is 1.56 bits per heavy atom. The minimum atomic E-state index is -5.74. The monoisotopic (exact) mass is 436 g/mol. The van der Waals surface area contributed by atoms with E-state index in [-0.39, 0.29) is 0 Å². The smallest absolute Gasteiger partial charge is 0.376 e. The lowest BCUT2D eigenvalue weighted by Crippen LogP contribution is -2.28. The molecule has 0 aliphatic carbocycles. The largest absolute Gasteiger partial charge is 0.534 e. The van der Waals surface area contributed by atoms with Crippen LogP contribution in [0.2, 0.25) is 5.02 Å². The van der Waals surface area contributed by atoms with E-state index in [9.17, 15) is 21.6 Å². The highest BCUT2D eigenvalue weighted by Gasteiger charge is 2.48. The molecule has 0 radical (unpaired) electrons. The molecule has 5 nitrogen and oxygen atoms in total. The second-order valence-corrected chi connectivity index (χ2v) is 7.73. The lowest BCUT2D eigenvalue weighted by molar-refractivity contribution is -0.0500. The van der Waals surface area contributed by atoms with Crippen LogP contribution >= 0.6 is 23.8 Å². The van der Waals surface area contributed by atoms with Gasteiger partial charge in [0.2, 0.25) is 0 Å². The van der Waals surface area contributed by atoms with E-state index in [4.69, 9.17) is 23.8 Å². The highest BCUT2D eigenvalue weighted by molar-refractivity contribution is 7.88. The molecule has 0 fully saturated rings. The summed E-state index contributed by atoms with van der Waals surface area (Å²) in [5, 5.41) is 4.69. The Kier molecular flexibility index (Phi) is 6.45. The summed E-state index contributed by atoms with van der Waals surface area (Å²) in [6, 6.07) is 11.6. The van der Waals surface area contributed by atoms with Crippen LogP contribution in [0.25, 0.3) is 0 Å². The van der Waals surface area contributed by atoms with E-state index in [1.54, 1.807) is 31.2 Å². The maximum atomic E-state index is 12.4. The number of halogens is 4. The van der Waals surface area contributed by atoms with Crippen molar-refractivity contribution in [1.82, 2.24) is 5.43 Å². The van der Waals surface area contributed by atoms with Crippen LogP contribution in [0.4, 0.5) is 13.2 Å². The van der Waals surface area contributed by atoms with Crippen molar-refractivity contribution < 1.29 is 25.8 Å². The van der Waals surface area contributed by atoms with Crippen LogP contribution in [0, 0.1) is 0 Å². The first kappa shape index (κ1) is 21.1. The van der Waals surface area contributed by atoms with Crippen LogP contribution in [0.5, 0.6) is 5.75 Å². The highest BCUT2D eigenvalue weighted by atomic mass is 35.5. The predicted octanol–water partition coefficient (Wildman–Crippen LogP) is 4.26. The number of nitrogens with one attached hydrogen (secondary N) is 1. The lowest BCUT2D eigenvalue weighted by atomic mass is 10.0. The van der Waals surface area contributed by atoms with Gasteiger partial charge in [-0.05, 0) is 43.3 Å². The van der Waals surface area contributed by atoms with Gasteiger partial charge in [0.15, 0.2) is 0 Å². The molecule has 0 aliphatic rings. The molecule has 0 saturated carbocycles. The third-order valence-corrected chi connectivity index (χ3v) is 4.38. The Morgan fingerprint density at radius 1 is 1.07 bits per heavy atom. The Morgan fingerprint density at radius 3 is 2.00 bits per heavy atom. The molecule has 0 aromatic heterocycles. The maximum Gasteiger partial charge on any atom is 0.534 e. The van der Waals surface area contributed by atoms with Gasteiger partial charge in [-0.25, -0.2) is 0 Å². The van der Waals surface area contributed by atoms with Crippen molar-refractivity contribution in [3.63, 3.8) is 0 Å². The minimum Gasteiger partial charge on any atom is -0.376 e. The molecule has 0 atom stereocenters. The summed E-state index contributed by atoms with van der Waals surface area (Å²) in [7, 11) is -5.74. The Balaban J connectivity index is 2.36. The van der Waals surface area contributed by atoms with E-state index in [1.165, 1.54) is 12.1 Å². The third-order valence-electron chi connectivity index (χ3n) is 3.06. The Bertz CT molecular complexity index is 958. The third kappa shape index (κ3) is 5.65. The number of thiocarbonyl (C=S) groups is 1. The first-order valence-corrected chi connectivity index (χ1v) is 9.40. The van der Waals surface area contributed by atoms with Crippen molar-refractivity contribution >= 4 is 44.6 Å². The summed E-state index contributed by atoms with van der Waals surface area (Å²) in [5.74, 6) is -0.481. The summed E-state index contributed by atoms with van der Waals surface area (Å²) in [6.45, 7) is 1.62. The van der Waals surface area contributed by atoms with Gasteiger partial charge in [-0.3, -0.25) is 5.43 Å². The van der Waals surface area contributed by atoms with Gasteiger partial charge in [-0.1, -0.05) is 36.0 Å². The van der Waals surface area contributed by atoms with Gasteiger partial charge in [0, 0.05) is 16.1 Å². The van der Waals surface area contributed by atoms with Crippen LogP contribution in [-0.4, -0.2) is 24.6 Å². The molecule has 0 bridgehead atoms. The molecule has 0 spiro atoms. The van der Waals surface area contributed by atoms with E-state index >= 15 is 0 Å². The summed E-state index contributed by atoms with van der Waals surface area (Å²) in [5.41, 5.74) is -1.32.